The number of carbonyl (C=O) groups excluding carboxylic acids is 3. The van der Waals surface area contributed by atoms with Crippen LogP contribution >= 0.6 is 0 Å². The van der Waals surface area contributed by atoms with Crippen LogP contribution in [0, 0.1) is 11.8 Å². The van der Waals surface area contributed by atoms with Gasteiger partial charge in [0.1, 0.15) is 23.2 Å². The molecule has 5 rings (SSSR count). The van der Waals surface area contributed by atoms with Crippen LogP contribution in [0.25, 0.3) is 0 Å². The molecule has 8 nitrogen and oxygen atoms in total. The number of hydrogen-bond donors (Lipinski definition) is 1. The average Bonchev–Trinajstić information content (AvgIpc) is 3.33. The summed E-state index contributed by atoms with van der Waals surface area (Å²) in [4.78, 5) is 46.0. The maximum atomic E-state index is 14.6. The van der Waals surface area contributed by atoms with Gasteiger partial charge in [0, 0.05) is 13.1 Å². The van der Waals surface area contributed by atoms with E-state index in [4.69, 9.17) is 9.47 Å². The lowest BCUT2D eigenvalue weighted by molar-refractivity contribution is -0.163. The summed E-state index contributed by atoms with van der Waals surface area (Å²) in [6.45, 7) is 4.93. The maximum absolute atomic E-state index is 14.6. The molecule has 39 heavy (non-hydrogen) atoms. The molecule has 1 unspecified atom stereocenters. The number of cyclic esters (lactones) is 1. The van der Waals surface area contributed by atoms with Crippen LogP contribution in [0.4, 0.5) is 0 Å². The normalized spacial score (nSPS) is 33.8. The van der Waals surface area contributed by atoms with Crippen LogP contribution in [0.15, 0.2) is 54.6 Å². The molecule has 1 aromatic carbocycles. The fourth-order valence-electron chi connectivity index (χ4n) is 6.98. The van der Waals surface area contributed by atoms with E-state index in [0.29, 0.717) is 25.9 Å². The first-order valence-corrected chi connectivity index (χ1v) is 14.4. The molecule has 0 saturated carbocycles. The molecule has 210 valence electrons. The lowest BCUT2D eigenvalue weighted by Gasteiger charge is -2.41. The monoisotopic (exact) mass is 536 g/mol. The van der Waals surface area contributed by atoms with E-state index < -0.39 is 41.1 Å². The van der Waals surface area contributed by atoms with Crippen molar-refractivity contribution in [1.82, 2.24) is 9.80 Å². The molecule has 4 aliphatic rings. The fraction of sp³-hybridized carbons (Fsp3) is 0.581. The van der Waals surface area contributed by atoms with Gasteiger partial charge in [0.25, 0.3) is 0 Å². The zero-order chi connectivity index (χ0) is 27.6. The topological polar surface area (TPSA) is 96.4 Å². The molecule has 0 aromatic heterocycles. The van der Waals surface area contributed by atoms with Gasteiger partial charge in [-0.1, -0.05) is 81.3 Å². The van der Waals surface area contributed by atoms with E-state index in [0.717, 1.165) is 31.2 Å². The molecule has 0 radical (unpaired) electrons. The minimum Gasteiger partial charge on any atom is -0.465 e. The van der Waals surface area contributed by atoms with Gasteiger partial charge in [-0.15, -0.1) is 0 Å². The number of hydrogen-bond acceptors (Lipinski definition) is 6. The predicted octanol–water partition coefficient (Wildman–Crippen LogP) is 3.56. The van der Waals surface area contributed by atoms with Gasteiger partial charge >= 0.3 is 5.97 Å². The van der Waals surface area contributed by atoms with E-state index in [1.807, 2.05) is 61.6 Å². The third-order valence-corrected chi connectivity index (χ3v) is 8.88. The van der Waals surface area contributed by atoms with Crippen LogP contribution in [0.5, 0.6) is 0 Å². The molecular weight excluding hydrogens is 496 g/mol. The molecule has 2 amide bonds. The smallest absolute Gasteiger partial charge is 0.313 e. The molecule has 1 spiro atoms. The second kappa shape index (κ2) is 11.3. The van der Waals surface area contributed by atoms with Gasteiger partial charge in [-0.2, -0.15) is 0 Å². The molecule has 2 saturated heterocycles. The van der Waals surface area contributed by atoms with Crippen molar-refractivity contribution in [2.75, 3.05) is 26.3 Å². The highest BCUT2D eigenvalue weighted by Gasteiger charge is 2.76. The first-order chi connectivity index (χ1) is 18.9. The Hall–Kier alpha value is -2.97. The van der Waals surface area contributed by atoms with Crippen LogP contribution < -0.4 is 0 Å². The standard InChI is InChI=1S/C31H40N2O6/c1-3-5-11-18-32-19-13-17-31-24(25-29(37)38-20-12-7-10-16-30(25,4-2)39-31)27(35)33(26(31)28(32)36)23(21-34)22-14-8-6-9-15-22/h6,8-10,13-17,23-26,34H,3-5,7,11-12,18-21H2,1-2H3/b16-10-/t23-,24+,25-,26?,30+,31+/m1/s1. The number of allylic oxidation sites excluding steroid dienone is 1. The van der Waals surface area contributed by atoms with E-state index in [-0.39, 0.29) is 25.0 Å². The van der Waals surface area contributed by atoms with Crippen molar-refractivity contribution in [3.8, 4) is 0 Å². The van der Waals surface area contributed by atoms with E-state index in [2.05, 4.69) is 6.92 Å². The number of fused-ring (bicyclic) bond motifs is 2. The number of aliphatic hydroxyl groups excluding tert-OH is 1. The lowest BCUT2D eigenvalue weighted by atomic mass is 9.73. The van der Waals surface area contributed by atoms with Gasteiger partial charge in [0.05, 0.1) is 25.2 Å². The van der Waals surface area contributed by atoms with Gasteiger partial charge in [-0.05, 0) is 31.2 Å². The van der Waals surface area contributed by atoms with Crippen molar-refractivity contribution in [2.45, 2.75) is 75.7 Å². The SMILES string of the molecule is CCCCCN1CC=C[C@]23O[C@@]4(CC)/C=C\CCCOC(=O)[C@H]4[C@H]2C(=O)N([C@H](CO)c2ccccc2)C3C1=O. The summed E-state index contributed by atoms with van der Waals surface area (Å²) in [6, 6.07) is 7.47. The van der Waals surface area contributed by atoms with Crippen LogP contribution in [-0.4, -0.2) is 76.2 Å². The Morgan fingerprint density at radius 2 is 1.82 bits per heavy atom. The molecule has 6 atom stereocenters. The minimum atomic E-state index is -1.36. The van der Waals surface area contributed by atoms with Crippen molar-refractivity contribution >= 4 is 17.8 Å². The van der Waals surface area contributed by atoms with Crippen LogP contribution in [0.3, 0.4) is 0 Å². The van der Waals surface area contributed by atoms with Crippen molar-refractivity contribution in [3.05, 3.63) is 60.2 Å². The Bertz CT molecular complexity index is 1140. The maximum Gasteiger partial charge on any atom is 0.313 e. The number of ether oxygens (including phenoxy) is 2. The third kappa shape index (κ3) is 4.51. The summed E-state index contributed by atoms with van der Waals surface area (Å²) in [5.41, 5.74) is -1.71. The van der Waals surface area contributed by atoms with E-state index in [1.54, 1.807) is 4.90 Å². The molecule has 0 bridgehead atoms. The summed E-state index contributed by atoms with van der Waals surface area (Å²) in [5.74, 6) is -2.90. The molecule has 1 aromatic rings. The highest BCUT2D eigenvalue weighted by atomic mass is 16.6. The zero-order valence-electron chi connectivity index (χ0n) is 23.0. The Morgan fingerprint density at radius 3 is 2.54 bits per heavy atom. The molecule has 4 aliphatic heterocycles. The third-order valence-electron chi connectivity index (χ3n) is 8.88. The molecular formula is C31H40N2O6. The number of likely N-dealkylation sites (tertiary alicyclic amines) is 1. The first-order valence-electron chi connectivity index (χ1n) is 14.4. The average molecular weight is 537 g/mol. The summed E-state index contributed by atoms with van der Waals surface area (Å²) in [5, 5.41) is 10.6. The van der Waals surface area contributed by atoms with E-state index in [1.165, 1.54) is 4.90 Å². The van der Waals surface area contributed by atoms with Gasteiger partial charge in [-0.25, -0.2) is 0 Å². The highest BCUT2D eigenvalue weighted by Crippen LogP contribution is 2.59. The lowest BCUT2D eigenvalue weighted by Crippen LogP contribution is -2.57. The van der Waals surface area contributed by atoms with Crippen molar-refractivity contribution in [3.63, 3.8) is 0 Å². The van der Waals surface area contributed by atoms with E-state index in [9.17, 15) is 19.5 Å². The van der Waals surface area contributed by atoms with Crippen LogP contribution in [0.2, 0.25) is 0 Å². The summed E-state index contributed by atoms with van der Waals surface area (Å²) in [6.07, 6.45) is 12.4. The van der Waals surface area contributed by atoms with Crippen LogP contribution in [-0.2, 0) is 23.9 Å². The minimum absolute atomic E-state index is 0.212. The number of unbranched alkanes of at least 4 members (excludes halogenated alkanes) is 2. The molecule has 2 fully saturated rings. The predicted molar refractivity (Wildman–Crippen MR) is 145 cm³/mol. The Labute approximate surface area is 230 Å². The largest absolute Gasteiger partial charge is 0.465 e. The quantitative estimate of drug-likeness (QED) is 0.310. The van der Waals surface area contributed by atoms with Gasteiger partial charge in [0.15, 0.2) is 0 Å². The van der Waals surface area contributed by atoms with Crippen LogP contribution in [0.1, 0.15) is 64.0 Å². The summed E-state index contributed by atoms with van der Waals surface area (Å²) in [7, 11) is 0. The highest BCUT2D eigenvalue weighted by molar-refractivity contribution is 5.99. The van der Waals surface area contributed by atoms with Gasteiger partial charge in [-0.3, -0.25) is 14.4 Å². The number of nitrogens with zero attached hydrogens (tertiary/aromatic N) is 2. The number of amides is 2. The number of carbonyl (C=O) groups is 3. The van der Waals surface area contributed by atoms with Gasteiger partial charge < -0.3 is 24.4 Å². The molecule has 8 heteroatoms. The second-order valence-electron chi connectivity index (χ2n) is 11.1. The van der Waals surface area contributed by atoms with E-state index >= 15 is 0 Å². The Balaban J connectivity index is 1.67. The summed E-state index contributed by atoms with van der Waals surface area (Å²) >= 11 is 0. The second-order valence-corrected chi connectivity index (χ2v) is 11.1. The number of benzene rings is 1. The van der Waals surface area contributed by atoms with Crippen molar-refractivity contribution in [2.24, 2.45) is 11.8 Å². The Kier molecular flexibility index (Phi) is 7.96. The van der Waals surface area contributed by atoms with Crippen molar-refractivity contribution < 1.29 is 29.0 Å². The molecule has 4 heterocycles. The number of aliphatic hydroxyl groups is 1. The number of esters is 1. The zero-order valence-corrected chi connectivity index (χ0v) is 23.0. The van der Waals surface area contributed by atoms with Crippen molar-refractivity contribution in [1.29, 1.82) is 0 Å². The number of rotatable bonds is 8. The fourth-order valence-corrected chi connectivity index (χ4v) is 6.98. The Morgan fingerprint density at radius 1 is 1.03 bits per heavy atom. The molecule has 0 aliphatic carbocycles. The first kappa shape index (κ1) is 27.6. The summed E-state index contributed by atoms with van der Waals surface area (Å²) < 4.78 is 12.7. The van der Waals surface area contributed by atoms with Gasteiger partial charge in [0.2, 0.25) is 11.8 Å². The molecule has 1 N–H and O–H groups in total.